The highest BCUT2D eigenvalue weighted by Crippen LogP contribution is 2.24. The molecule has 0 saturated carbocycles. The molecule has 2 aromatic rings. The lowest BCUT2D eigenvalue weighted by Crippen LogP contribution is -2.53. The average Bonchev–Trinajstić information content (AvgIpc) is 2.93. The van der Waals surface area contributed by atoms with Gasteiger partial charge in [-0.25, -0.2) is 0 Å². The Balaban J connectivity index is 1.25. The fourth-order valence-corrected chi connectivity index (χ4v) is 4.04. The summed E-state index contributed by atoms with van der Waals surface area (Å²) < 4.78 is 7.92. The van der Waals surface area contributed by atoms with Crippen molar-refractivity contribution in [1.82, 2.24) is 19.6 Å². The number of nitrogens with zero attached hydrogens (tertiary/aromatic N) is 4. The second kappa shape index (κ2) is 7.82. The van der Waals surface area contributed by atoms with Crippen LogP contribution in [0.3, 0.4) is 0 Å². The third kappa shape index (κ3) is 4.22. The molecule has 2 aliphatic heterocycles. The second-order valence-corrected chi connectivity index (χ2v) is 7.74. The third-order valence-corrected chi connectivity index (χ3v) is 5.48. The van der Waals surface area contributed by atoms with Crippen LogP contribution < -0.4 is 0 Å². The van der Waals surface area contributed by atoms with E-state index < -0.39 is 0 Å². The maximum Gasteiger partial charge on any atom is 0.225 e. The van der Waals surface area contributed by atoms with E-state index in [-0.39, 0.29) is 12.0 Å². The lowest BCUT2D eigenvalue weighted by Gasteiger charge is -2.41. The van der Waals surface area contributed by atoms with E-state index in [0.717, 1.165) is 44.1 Å². The first kappa shape index (κ1) is 18.2. The van der Waals surface area contributed by atoms with Crippen molar-refractivity contribution < 1.29 is 9.53 Å². The Kier molecular flexibility index (Phi) is 5.27. The minimum absolute atomic E-state index is 0.0114. The first-order valence-corrected chi connectivity index (χ1v) is 9.77. The van der Waals surface area contributed by atoms with Gasteiger partial charge in [0.25, 0.3) is 0 Å². The van der Waals surface area contributed by atoms with Crippen LogP contribution in [-0.2, 0) is 16.1 Å². The van der Waals surface area contributed by atoms with Crippen LogP contribution in [0.2, 0.25) is 0 Å². The number of ether oxygens (including phenoxy) is 1. The van der Waals surface area contributed by atoms with E-state index in [0.29, 0.717) is 19.1 Å². The van der Waals surface area contributed by atoms with Gasteiger partial charge in [0.1, 0.15) is 0 Å². The zero-order valence-electron chi connectivity index (χ0n) is 16.2. The van der Waals surface area contributed by atoms with Crippen LogP contribution in [0, 0.1) is 13.8 Å². The second-order valence-electron chi connectivity index (χ2n) is 7.74. The molecule has 0 bridgehead atoms. The molecule has 2 fully saturated rings. The maximum atomic E-state index is 12.6. The molecule has 6 nitrogen and oxygen atoms in total. The minimum Gasteiger partial charge on any atom is -0.375 e. The van der Waals surface area contributed by atoms with Gasteiger partial charge in [0.05, 0.1) is 30.9 Å². The van der Waals surface area contributed by atoms with E-state index in [1.54, 1.807) is 0 Å². The summed E-state index contributed by atoms with van der Waals surface area (Å²) in [5.41, 5.74) is 3.50. The summed E-state index contributed by atoms with van der Waals surface area (Å²) in [5.74, 6) is 0.194. The summed E-state index contributed by atoms with van der Waals surface area (Å²) in [6.45, 7) is 8.92. The summed E-state index contributed by atoms with van der Waals surface area (Å²) in [7, 11) is 0. The molecule has 27 heavy (non-hydrogen) atoms. The van der Waals surface area contributed by atoms with Crippen molar-refractivity contribution in [2.45, 2.75) is 39.0 Å². The number of carbonyl (C=O) groups excluding carboxylic acids is 1. The van der Waals surface area contributed by atoms with E-state index >= 15 is 0 Å². The first-order chi connectivity index (χ1) is 13.1. The molecule has 1 aromatic carbocycles. The normalized spacial score (nSPS) is 21.3. The van der Waals surface area contributed by atoms with Crippen LogP contribution in [-0.4, -0.2) is 64.4 Å². The highest BCUT2D eigenvalue weighted by Gasteiger charge is 2.34. The summed E-state index contributed by atoms with van der Waals surface area (Å²) >= 11 is 0. The number of likely N-dealkylation sites (tertiary alicyclic amines) is 1. The van der Waals surface area contributed by atoms with Crippen LogP contribution in [0.5, 0.6) is 0 Å². The molecule has 0 N–H and O–H groups in total. The summed E-state index contributed by atoms with van der Waals surface area (Å²) in [5, 5.41) is 4.54. The van der Waals surface area contributed by atoms with E-state index in [1.807, 2.05) is 17.9 Å². The van der Waals surface area contributed by atoms with Gasteiger partial charge in [-0.1, -0.05) is 30.3 Å². The fraction of sp³-hybridized carbons (Fsp3) is 0.524. The minimum atomic E-state index is -0.0114. The summed E-state index contributed by atoms with van der Waals surface area (Å²) in [6, 6.07) is 12.9. The highest BCUT2D eigenvalue weighted by molar-refractivity contribution is 5.77. The number of hydrogen-bond acceptors (Lipinski definition) is 4. The molecule has 6 heteroatoms. The zero-order valence-corrected chi connectivity index (χ0v) is 16.2. The van der Waals surface area contributed by atoms with Crippen molar-refractivity contribution in [1.29, 1.82) is 0 Å². The van der Waals surface area contributed by atoms with Crippen LogP contribution in [0.25, 0.3) is 0 Å². The molecule has 0 aliphatic carbocycles. The SMILES string of the molecule is Cc1cc(C)n(C2CN(C(=O)CC3CN(Cc4ccccc4)CCO3)C2)n1. The Morgan fingerprint density at radius 1 is 1.19 bits per heavy atom. The van der Waals surface area contributed by atoms with Crippen molar-refractivity contribution in [3.8, 4) is 0 Å². The Labute approximate surface area is 160 Å². The Morgan fingerprint density at radius 3 is 2.67 bits per heavy atom. The smallest absolute Gasteiger partial charge is 0.225 e. The number of aryl methyl sites for hydroxylation is 2. The highest BCUT2D eigenvalue weighted by atomic mass is 16.5. The molecule has 144 valence electrons. The van der Waals surface area contributed by atoms with Crippen molar-refractivity contribution >= 4 is 5.91 Å². The number of benzene rings is 1. The summed E-state index contributed by atoms with van der Waals surface area (Å²) in [4.78, 5) is 16.9. The molecular formula is C21H28N4O2. The molecule has 1 atom stereocenters. The molecule has 2 aliphatic rings. The van der Waals surface area contributed by atoms with Gasteiger partial charge in [-0.3, -0.25) is 14.4 Å². The van der Waals surface area contributed by atoms with Crippen LogP contribution >= 0.6 is 0 Å². The van der Waals surface area contributed by atoms with E-state index in [2.05, 4.69) is 51.9 Å². The monoisotopic (exact) mass is 368 g/mol. The number of carbonyl (C=O) groups is 1. The standard InChI is InChI=1S/C21H28N4O2/c1-16-10-17(2)25(22-16)19-13-24(14-19)21(26)11-20-15-23(8-9-27-20)12-18-6-4-3-5-7-18/h3-7,10,19-20H,8-9,11-15H2,1-2H3. The lowest BCUT2D eigenvalue weighted by molar-refractivity contribution is -0.142. The van der Waals surface area contributed by atoms with Crippen molar-refractivity contribution in [2.75, 3.05) is 32.8 Å². The van der Waals surface area contributed by atoms with Gasteiger partial charge in [-0.2, -0.15) is 5.10 Å². The van der Waals surface area contributed by atoms with Crippen LogP contribution in [0.15, 0.2) is 36.4 Å². The average molecular weight is 368 g/mol. The molecule has 0 radical (unpaired) electrons. The number of rotatable bonds is 5. The molecule has 0 spiro atoms. The van der Waals surface area contributed by atoms with Crippen molar-refractivity contribution in [3.05, 3.63) is 53.3 Å². The van der Waals surface area contributed by atoms with Crippen LogP contribution in [0.4, 0.5) is 0 Å². The van der Waals surface area contributed by atoms with E-state index in [9.17, 15) is 4.79 Å². The Bertz CT molecular complexity index is 783. The third-order valence-electron chi connectivity index (χ3n) is 5.48. The van der Waals surface area contributed by atoms with Gasteiger partial charge in [0.15, 0.2) is 0 Å². The molecule has 3 heterocycles. The predicted octanol–water partition coefficient (Wildman–Crippen LogP) is 2.17. The number of hydrogen-bond donors (Lipinski definition) is 0. The Morgan fingerprint density at radius 2 is 1.96 bits per heavy atom. The first-order valence-electron chi connectivity index (χ1n) is 9.77. The largest absolute Gasteiger partial charge is 0.375 e. The van der Waals surface area contributed by atoms with Gasteiger partial charge in [-0.15, -0.1) is 0 Å². The predicted molar refractivity (Wildman–Crippen MR) is 103 cm³/mol. The van der Waals surface area contributed by atoms with E-state index in [4.69, 9.17) is 4.74 Å². The van der Waals surface area contributed by atoms with Crippen LogP contribution in [0.1, 0.15) is 29.4 Å². The molecule has 1 aromatic heterocycles. The van der Waals surface area contributed by atoms with Gasteiger partial charge < -0.3 is 9.64 Å². The zero-order chi connectivity index (χ0) is 18.8. The van der Waals surface area contributed by atoms with E-state index in [1.165, 1.54) is 5.56 Å². The van der Waals surface area contributed by atoms with Gasteiger partial charge in [0, 0.05) is 38.4 Å². The lowest BCUT2D eigenvalue weighted by atomic mass is 10.1. The maximum absolute atomic E-state index is 12.6. The summed E-state index contributed by atoms with van der Waals surface area (Å²) in [6.07, 6.45) is 0.456. The molecule has 2 saturated heterocycles. The van der Waals surface area contributed by atoms with Crippen molar-refractivity contribution in [3.63, 3.8) is 0 Å². The number of morpholine rings is 1. The molecule has 1 unspecified atom stereocenters. The Hall–Kier alpha value is -2.18. The quantitative estimate of drug-likeness (QED) is 0.812. The fourth-order valence-electron chi connectivity index (χ4n) is 4.04. The van der Waals surface area contributed by atoms with Crippen molar-refractivity contribution in [2.24, 2.45) is 0 Å². The number of aromatic nitrogens is 2. The molecule has 1 amide bonds. The van der Waals surface area contributed by atoms with Gasteiger partial charge in [0.2, 0.25) is 5.91 Å². The molecular weight excluding hydrogens is 340 g/mol. The number of amides is 1. The topological polar surface area (TPSA) is 50.6 Å². The van der Waals surface area contributed by atoms with Gasteiger partial charge >= 0.3 is 0 Å². The molecule has 4 rings (SSSR count). The van der Waals surface area contributed by atoms with Gasteiger partial charge in [-0.05, 0) is 25.5 Å².